The lowest BCUT2D eigenvalue weighted by atomic mass is 9.89. The van der Waals surface area contributed by atoms with Crippen molar-refractivity contribution in [2.45, 2.75) is 131 Å². The van der Waals surface area contributed by atoms with Crippen LogP contribution in [0.4, 0.5) is 4.79 Å². The van der Waals surface area contributed by atoms with Crippen LogP contribution in [0.15, 0.2) is 83.9 Å². The number of phenols is 2. The summed E-state index contributed by atoms with van der Waals surface area (Å²) in [6.07, 6.45) is -0.195. The third-order valence-electron chi connectivity index (χ3n) is 13.6. The molecule has 3 aromatic carbocycles. The lowest BCUT2D eigenvalue weighted by molar-refractivity contribution is -0.143. The second-order valence-corrected chi connectivity index (χ2v) is 21.1. The maximum absolute atomic E-state index is 14.4. The van der Waals surface area contributed by atoms with E-state index < -0.39 is 120 Å². The third kappa shape index (κ3) is 26.6. The van der Waals surface area contributed by atoms with E-state index in [0.717, 1.165) is 5.56 Å². The molecule has 86 heavy (non-hydrogen) atoms. The van der Waals surface area contributed by atoms with Gasteiger partial charge in [-0.1, -0.05) is 54.6 Å². The number of amides is 9. The number of aliphatic hydroxyl groups is 2. The Bertz CT molecular complexity index is 2680. The van der Waals surface area contributed by atoms with Crippen LogP contribution in [0.25, 0.3) is 0 Å². The number of guanidine groups is 1. The van der Waals surface area contributed by atoms with Crippen molar-refractivity contribution in [1.29, 1.82) is 0 Å². The topological polar surface area (TPSA) is 493 Å². The summed E-state index contributed by atoms with van der Waals surface area (Å²) in [6.45, 7) is -0.542. The van der Waals surface area contributed by atoms with Crippen LogP contribution in [0.3, 0.4) is 0 Å². The summed E-state index contributed by atoms with van der Waals surface area (Å²) >= 11 is 8.56. The predicted molar refractivity (Wildman–Crippen MR) is 326 cm³/mol. The number of aliphatic carboxylic acids is 1. The van der Waals surface area contributed by atoms with Gasteiger partial charge < -0.3 is 96.7 Å². The van der Waals surface area contributed by atoms with E-state index in [0.29, 0.717) is 30.4 Å². The van der Waals surface area contributed by atoms with Gasteiger partial charge in [0.2, 0.25) is 41.4 Å². The smallest absolute Gasteiger partial charge is 0.328 e. The van der Waals surface area contributed by atoms with E-state index >= 15 is 0 Å². The molecule has 0 aromatic heterocycles. The zero-order chi connectivity index (χ0) is 63.7. The summed E-state index contributed by atoms with van der Waals surface area (Å²) in [6, 6.07) is 8.39. The Morgan fingerprint density at radius 2 is 0.895 bits per heavy atom. The average Bonchev–Trinajstić information content (AvgIpc) is 3.52. The fourth-order valence-electron chi connectivity index (χ4n) is 8.77. The first-order chi connectivity index (χ1) is 41.0. The Kier molecular flexibility index (Phi) is 32.8. The number of aliphatic hydroxyl groups excluding tert-OH is 2. The summed E-state index contributed by atoms with van der Waals surface area (Å²) in [5, 5.41) is 70.9. The molecule has 10 atom stereocenters. The highest BCUT2D eigenvalue weighted by Gasteiger charge is 2.35. The van der Waals surface area contributed by atoms with Crippen LogP contribution < -0.4 is 71.2 Å². The zero-order valence-electron chi connectivity index (χ0n) is 47.6. The summed E-state index contributed by atoms with van der Waals surface area (Å²) in [5.74, 6) is -9.50. The van der Waals surface area contributed by atoms with Crippen molar-refractivity contribution < 1.29 is 68.7 Å². The number of hydrogen-bond acceptors (Lipinski definition) is 18. The summed E-state index contributed by atoms with van der Waals surface area (Å²) in [5.41, 5.74) is 30.0. The van der Waals surface area contributed by atoms with E-state index in [1.807, 2.05) is 6.07 Å². The van der Waals surface area contributed by atoms with Crippen LogP contribution in [-0.4, -0.2) is 177 Å². The number of benzene rings is 3. The number of rotatable bonds is 40. The van der Waals surface area contributed by atoms with Gasteiger partial charge in [-0.15, -0.1) is 0 Å². The Hall–Kier alpha value is -7.90. The molecule has 474 valence electrons. The fraction of sp³-hybridized carbons (Fsp3) is 0.500. The fourth-order valence-corrected chi connectivity index (χ4v) is 9.29. The van der Waals surface area contributed by atoms with Crippen molar-refractivity contribution in [2.75, 3.05) is 37.7 Å². The lowest BCUT2D eigenvalue weighted by Gasteiger charge is -2.28. The van der Waals surface area contributed by atoms with Gasteiger partial charge in [0.1, 0.15) is 53.8 Å². The van der Waals surface area contributed by atoms with Crippen LogP contribution in [0.2, 0.25) is 0 Å². The number of thiol groups is 2. The second-order valence-electron chi connectivity index (χ2n) is 20.4. The van der Waals surface area contributed by atoms with Crippen molar-refractivity contribution >= 4 is 84.6 Å². The van der Waals surface area contributed by atoms with E-state index in [2.05, 4.69) is 72.8 Å². The zero-order valence-corrected chi connectivity index (χ0v) is 49.4. The molecule has 9 amide bonds. The molecule has 0 fully saturated rings. The standard InChI is InChI=1S/C56H84N14O14S2/c57-22-6-4-11-38(65-52(80)44(30-85)68-53(81)45(31-86)70-56(84)69-41(26-33-14-18-36(72)19-15-33)46(74)28-35(47(59)75)25-32-9-2-1-3-10-32)48(76)63-39(12-5-7-23-58)49(77)66-42(27-34-16-20-37(73)21-17-34)51(79)64-40(13-8-24-62-55(60)61)50(78)67-43(29-71)54(82)83/h1-3,9-10,14-21,35,38-46,71-74,85-86H,4-8,11-13,22-31,57-58H2,(H2,59,75)(H,63,76)(H,64,79)(H,65,80)(H,66,77)(H,67,78)(H,68,81)(H,82,83)(H4,60,61,62)(H2,69,70,84)/t35?,38-,39-,40-,41?,42-,43-,44-,45-,46?/m0/s1. The number of nitrogens with two attached hydrogens (primary N) is 5. The lowest BCUT2D eigenvalue weighted by Crippen LogP contribution is -2.61. The SMILES string of the molecule is NCCCC[C@H](NC(=O)[C@H](CS)NC(=O)[C@H](CS)NC(=O)NC(Cc1ccc(O)cc1)C(O)CC(Cc1ccccc1)C(N)=O)C(=O)N[C@@H](CCCCN)C(=O)N[C@@H](Cc1ccc(O)cc1)C(=O)N[C@@H](CCCN=C(N)N)C(=O)N[C@@H](CO)C(=O)O. The molecular weight excluding hydrogens is 1160 g/mol. The quantitative estimate of drug-likeness (QED) is 0.0118. The van der Waals surface area contributed by atoms with Crippen LogP contribution in [0.1, 0.15) is 74.5 Å². The highest BCUT2D eigenvalue weighted by molar-refractivity contribution is 7.80. The molecule has 0 spiro atoms. The summed E-state index contributed by atoms with van der Waals surface area (Å²) < 4.78 is 0. The first-order valence-electron chi connectivity index (χ1n) is 28.0. The van der Waals surface area contributed by atoms with E-state index in [9.17, 15) is 68.7 Å². The van der Waals surface area contributed by atoms with Gasteiger partial charge in [-0.25, -0.2) is 9.59 Å². The number of unbranched alkanes of at least 4 members (excludes halogenated alkanes) is 2. The normalized spacial score (nSPS) is 14.5. The van der Waals surface area contributed by atoms with Gasteiger partial charge in [-0.2, -0.15) is 25.3 Å². The largest absolute Gasteiger partial charge is 0.508 e. The minimum atomic E-state index is -1.74. The molecule has 3 aromatic rings. The molecule has 30 heteroatoms. The van der Waals surface area contributed by atoms with Crippen LogP contribution in [0, 0.1) is 5.92 Å². The van der Waals surface area contributed by atoms with Crippen molar-refractivity contribution in [1.82, 2.24) is 42.5 Å². The van der Waals surface area contributed by atoms with Gasteiger partial charge in [0.15, 0.2) is 5.96 Å². The van der Waals surface area contributed by atoms with Crippen molar-refractivity contribution in [3.63, 3.8) is 0 Å². The van der Waals surface area contributed by atoms with E-state index in [4.69, 9.17) is 28.7 Å². The Labute approximate surface area is 509 Å². The molecule has 23 N–H and O–H groups in total. The van der Waals surface area contributed by atoms with Crippen LogP contribution >= 0.6 is 25.3 Å². The number of carboxylic acids is 1. The first-order valence-corrected chi connectivity index (χ1v) is 29.3. The van der Waals surface area contributed by atoms with Crippen molar-refractivity contribution in [2.24, 2.45) is 39.6 Å². The minimum Gasteiger partial charge on any atom is -0.508 e. The molecule has 0 aliphatic carbocycles. The monoisotopic (exact) mass is 1240 g/mol. The van der Waals surface area contributed by atoms with Gasteiger partial charge in [0.25, 0.3) is 0 Å². The first kappa shape index (κ1) is 72.4. The number of aromatic hydroxyl groups is 2. The van der Waals surface area contributed by atoms with Gasteiger partial charge >= 0.3 is 12.0 Å². The van der Waals surface area contributed by atoms with Crippen LogP contribution in [-0.2, 0) is 57.6 Å². The highest BCUT2D eigenvalue weighted by atomic mass is 32.1. The molecular formula is C56H84N14O14S2. The number of urea groups is 1. The third-order valence-corrected chi connectivity index (χ3v) is 14.3. The maximum atomic E-state index is 14.4. The number of nitrogens with zero attached hydrogens (tertiary/aromatic N) is 1. The number of carbonyl (C=O) groups excluding carboxylic acids is 8. The number of hydrogen-bond donors (Lipinski definition) is 20. The maximum Gasteiger partial charge on any atom is 0.328 e. The van der Waals surface area contributed by atoms with Gasteiger partial charge in [0.05, 0.1) is 18.8 Å². The van der Waals surface area contributed by atoms with E-state index in [1.54, 1.807) is 36.4 Å². The Morgan fingerprint density at radius 1 is 0.488 bits per heavy atom. The van der Waals surface area contributed by atoms with Gasteiger partial charge in [-0.3, -0.25) is 38.6 Å². The average molecular weight is 1240 g/mol. The number of aliphatic imine (C=N–C) groups is 1. The van der Waals surface area contributed by atoms with E-state index in [-0.39, 0.29) is 106 Å². The summed E-state index contributed by atoms with van der Waals surface area (Å²) in [7, 11) is 0. The number of carbonyl (C=O) groups is 9. The molecule has 0 heterocycles. The molecule has 0 bridgehead atoms. The molecule has 3 unspecified atom stereocenters. The number of nitrogens with one attached hydrogen (secondary N) is 8. The number of carboxylic acid groups (broad SMARTS) is 1. The Morgan fingerprint density at radius 3 is 1.34 bits per heavy atom. The molecule has 0 aliphatic rings. The second kappa shape index (κ2) is 38.9. The Balaban J connectivity index is 1.86. The molecule has 0 radical (unpaired) electrons. The van der Waals surface area contributed by atoms with Crippen molar-refractivity contribution in [3.8, 4) is 11.5 Å². The van der Waals surface area contributed by atoms with Gasteiger partial charge in [0, 0.05) is 30.4 Å². The number of primary amides is 1. The number of phenolic OH excluding ortho intramolecular Hbond substituents is 2. The molecule has 0 saturated heterocycles. The molecule has 3 rings (SSSR count). The predicted octanol–water partition coefficient (Wildman–Crippen LogP) is -2.83. The van der Waals surface area contributed by atoms with Crippen LogP contribution in [0.5, 0.6) is 11.5 Å². The summed E-state index contributed by atoms with van der Waals surface area (Å²) in [4.78, 5) is 126. The highest BCUT2D eigenvalue weighted by Crippen LogP contribution is 2.20. The molecule has 28 nitrogen and oxygen atoms in total. The van der Waals surface area contributed by atoms with Crippen molar-refractivity contribution in [3.05, 3.63) is 95.6 Å². The minimum absolute atomic E-state index is 0.00711. The molecule has 0 aliphatic heterocycles. The van der Waals surface area contributed by atoms with E-state index in [1.165, 1.54) is 36.4 Å². The van der Waals surface area contributed by atoms with Gasteiger partial charge in [-0.05, 0) is 125 Å². The molecule has 0 saturated carbocycles.